The van der Waals surface area contributed by atoms with Gasteiger partial charge in [-0.25, -0.2) is 5.90 Å². The minimum absolute atomic E-state index is 0.0174. The minimum atomic E-state index is -0.0174. The summed E-state index contributed by atoms with van der Waals surface area (Å²) < 4.78 is 0. The molecule has 3 heteroatoms. The molecule has 0 aliphatic heterocycles. The number of benzene rings is 1. The van der Waals surface area contributed by atoms with Gasteiger partial charge in [-0.3, -0.25) is 0 Å². The molecule has 0 heterocycles. The van der Waals surface area contributed by atoms with Crippen molar-refractivity contribution in [3.05, 3.63) is 35.9 Å². The summed E-state index contributed by atoms with van der Waals surface area (Å²) in [5.74, 6) is 4.91. The summed E-state index contributed by atoms with van der Waals surface area (Å²) in [4.78, 5) is 4.49. The van der Waals surface area contributed by atoms with Gasteiger partial charge in [-0.1, -0.05) is 30.3 Å². The van der Waals surface area contributed by atoms with Crippen molar-refractivity contribution < 1.29 is 9.94 Å². The van der Waals surface area contributed by atoms with E-state index >= 15 is 0 Å². The van der Waals surface area contributed by atoms with E-state index in [1.165, 1.54) is 0 Å². The maximum Gasteiger partial charge on any atom is 0.0769 e. The smallest absolute Gasteiger partial charge is 0.0769 e. The molecule has 0 aromatic heterocycles. The largest absolute Gasteiger partial charge is 0.396 e. The van der Waals surface area contributed by atoms with Gasteiger partial charge in [0.15, 0.2) is 0 Å². The van der Waals surface area contributed by atoms with E-state index < -0.39 is 0 Å². The highest BCUT2D eigenvalue weighted by molar-refractivity contribution is 5.19. The molecule has 0 spiro atoms. The average molecular weight is 167 g/mol. The molecule has 0 aliphatic rings. The summed E-state index contributed by atoms with van der Waals surface area (Å²) in [6.45, 7) is 0.404. The predicted octanol–water partition coefficient (Wildman–Crippen LogP) is 0.653. The first-order valence-electron chi connectivity index (χ1n) is 3.86. The first-order chi connectivity index (χ1) is 5.88. The minimum Gasteiger partial charge on any atom is -0.396 e. The van der Waals surface area contributed by atoms with E-state index in [1.807, 2.05) is 30.3 Å². The van der Waals surface area contributed by atoms with Crippen LogP contribution in [0.2, 0.25) is 0 Å². The van der Waals surface area contributed by atoms with Crippen LogP contribution in [0.5, 0.6) is 0 Å². The van der Waals surface area contributed by atoms with E-state index in [0.717, 1.165) is 5.56 Å². The van der Waals surface area contributed by atoms with Gasteiger partial charge in [0.05, 0.1) is 13.2 Å². The zero-order chi connectivity index (χ0) is 8.81. The molecular weight excluding hydrogens is 154 g/mol. The Balaban J connectivity index is 2.66. The van der Waals surface area contributed by atoms with Gasteiger partial charge in [-0.15, -0.1) is 0 Å². The predicted molar refractivity (Wildman–Crippen MR) is 46.4 cm³/mol. The second-order valence-electron chi connectivity index (χ2n) is 2.62. The summed E-state index contributed by atoms with van der Waals surface area (Å²) in [6.07, 6.45) is 0. The van der Waals surface area contributed by atoms with Crippen LogP contribution in [0.1, 0.15) is 11.5 Å². The number of hydrogen-bond donors (Lipinski definition) is 2. The molecule has 1 unspecified atom stereocenters. The Hall–Kier alpha value is -0.900. The van der Waals surface area contributed by atoms with Crippen LogP contribution in [-0.4, -0.2) is 18.3 Å². The fraction of sp³-hybridized carbons (Fsp3) is 0.333. The highest BCUT2D eigenvalue weighted by atomic mass is 16.6. The summed E-state index contributed by atoms with van der Waals surface area (Å²) in [7, 11) is 0. The van der Waals surface area contributed by atoms with E-state index in [-0.39, 0.29) is 12.5 Å². The molecule has 1 aromatic rings. The van der Waals surface area contributed by atoms with Crippen molar-refractivity contribution in [1.29, 1.82) is 0 Å². The molecule has 1 rings (SSSR count). The zero-order valence-corrected chi connectivity index (χ0v) is 6.81. The van der Waals surface area contributed by atoms with Crippen molar-refractivity contribution in [2.75, 3.05) is 13.2 Å². The van der Waals surface area contributed by atoms with Crippen LogP contribution in [0, 0.1) is 0 Å². The van der Waals surface area contributed by atoms with Crippen LogP contribution < -0.4 is 5.90 Å². The van der Waals surface area contributed by atoms with Gasteiger partial charge < -0.3 is 9.94 Å². The van der Waals surface area contributed by atoms with Crippen molar-refractivity contribution in [3.63, 3.8) is 0 Å². The molecule has 0 radical (unpaired) electrons. The number of nitrogens with two attached hydrogens (primary N) is 1. The molecule has 0 saturated heterocycles. The molecule has 66 valence electrons. The number of rotatable bonds is 4. The van der Waals surface area contributed by atoms with E-state index in [4.69, 9.17) is 11.0 Å². The fourth-order valence-corrected chi connectivity index (χ4v) is 1.10. The number of aliphatic hydroxyl groups excluding tert-OH is 1. The second kappa shape index (κ2) is 4.87. The Kier molecular flexibility index (Phi) is 3.73. The Bertz CT molecular complexity index is 213. The normalized spacial score (nSPS) is 12.8. The van der Waals surface area contributed by atoms with Crippen LogP contribution in [0.15, 0.2) is 30.3 Å². The van der Waals surface area contributed by atoms with E-state index in [0.29, 0.717) is 6.61 Å². The quantitative estimate of drug-likeness (QED) is 0.647. The fourth-order valence-electron chi connectivity index (χ4n) is 1.10. The first kappa shape index (κ1) is 9.19. The highest BCUT2D eigenvalue weighted by Gasteiger charge is 2.08. The van der Waals surface area contributed by atoms with Crippen LogP contribution in [0.4, 0.5) is 0 Å². The molecular formula is C9H13NO2. The van der Waals surface area contributed by atoms with Crippen LogP contribution >= 0.6 is 0 Å². The third-order valence-electron chi connectivity index (χ3n) is 1.79. The molecule has 3 N–H and O–H groups in total. The van der Waals surface area contributed by atoms with Crippen molar-refractivity contribution >= 4 is 0 Å². The van der Waals surface area contributed by atoms with Gasteiger partial charge in [-0.2, -0.15) is 0 Å². The highest BCUT2D eigenvalue weighted by Crippen LogP contribution is 2.13. The molecule has 3 nitrogen and oxygen atoms in total. The average Bonchev–Trinajstić information content (AvgIpc) is 2.15. The summed E-state index contributed by atoms with van der Waals surface area (Å²) >= 11 is 0. The maximum atomic E-state index is 8.98. The molecule has 1 atom stereocenters. The van der Waals surface area contributed by atoms with E-state index in [9.17, 15) is 0 Å². The summed E-state index contributed by atoms with van der Waals surface area (Å²) in [5, 5.41) is 8.98. The van der Waals surface area contributed by atoms with Gasteiger partial charge in [0.25, 0.3) is 0 Å². The summed E-state index contributed by atoms with van der Waals surface area (Å²) in [6, 6.07) is 9.67. The van der Waals surface area contributed by atoms with Gasteiger partial charge in [0, 0.05) is 5.92 Å². The van der Waals surface area contributed by atoms with E-state index in [1.54, 1.807) is 0 Å². The van der Waals surface area contributed by atoms with Crippen LogP contribution in [-0.2, 0) is 4.84 Å². The summed E-state index contributed by atoms with van der Waals surface area (Å²) in [5.41, 5.74) is 1.05. The lowest BCUT2D eigenvalue weighted by molar-refractivity contribution is 0.101. The molecule has 0 bridgehead atoms. The Labute approximate surface area is 71.7 Å². The van der Waals surface area contributed by atoms with Crippen molar-refractivity contribution in [1.82, 2.24) is 0 Å². The molecule has 0 aliphatic carbocycles. The standard InChI is InChI=1S/C9H13NO2/c10-12-7-9(6-11)8-4-2-1-3-5-8/h1-5,9,11H,6-7,10H2. The van der Waals surface area contributed by atoms with Gasteiger partial charge >= 0.3 is 0 Å². The monoisotopic (exact) mass is 167 g/mol. The lowest BCUT2D eigenvalue weighted by Crippen LogP contribution is -2.14. The lowest BCUT2D eigenvalue weighted by atomic mass is 10.0. The Morgan fingerprint density at radius 2 is 2.00 bits per heavy atom. The van der Waals surface area contributed by atoms with Gasteiger partial charge in [-0.05, 0) is 5.56 Å². The molecule has 1 aromatic carbocycles. The molecule has 0 fully saturated rings. The SMILES string of the molecule is NOCC(CO)c1ccccc1. The van der Waals surface area contributed by atoms with Crippen molar-refractivity contribution in [2.45, 2.75) is 5.92 Å². The van der Waals surface area contributed by atoms with Crippen molar-refractivity contribution in [2.24, 2.45) is 5.90 Å². The Morgan fingerprint density at radius 1 is 1.33 bits per heavy atom. The zero-order valence-electron chi connectivity index (χ0n) is 6.81. The van der Waals surface area contributed by atoms with E-state index in [2.05, 4.69) is 4.84 Å². The third kappa shape index (κ3) is 2.30. The second-order valence-corrected chi connectivity index (χ2v) is 2.62. The van der Waals surface area contributed by atoms with Gasteiger partial charge in [0.1, 0.15) is 0 Å². The van der Waals surface area contributed by atoms with Crippen molar-refractivity contribution in [3.8, 4) is 0 Å². The maximum absolute atomic E-state index is 8.98. The topological polar surface area (TPSA) is 55.5 Å². The third-order valence-corrected chi connectivity index (χ3v) is 1.79. The molecule has 12 heavy (non-hydrogen) atoms. The van der Waals surface area contributed by atoms with Crippen LogP contribution in [0.25, 0.3) is 0 Å². The number of hydrogen-bond acceptors (Lipinski definition) is 3. The van der Waals surface area contributed by atoms with Crippen LogP contribution in [0.3, 0.4) is 0 Å². The number of aliphatic hydroxyl groups is 1. The molecule has 0 saturated carbocycles. The molecule has 0 amide bonds. The lowest BCUT2D eigenvalue weighted by Gasteiger charge is -2.11. The Morgan fingerprint density at radius 3 is 2.50 bits per heavy atom. The van der Waals surface area contributed by atoms with Gasteiger partial charge in [0.2, 0.25) is 0 Å². The first-order valence-corrected chi connectivity index (χ1v) is 3.86.